The van der Waals surface area contributed by atoms with Crippen molar-refractivity contribution in [2.75, 3.05) is 13.2 Å². The van der Waals surface area contributed by atoms with E-state index in [-0.39, 0.29) is 11.8 Å². The molecular weight excluding hydrogens is 328 g/mol. The van der Waals surface area contributed by atoms with Gasteiger partial charge in [-0.25, -0.2) is 9.59 Å². The molecule has 148 valence electrons. The molecule has 0 aromatic heterocycles. The van der Waals surface area contributed by atoms with Crippen molar-refractivity contribution in [2.24, 2.45) is 23.7 Å². The first-order valence-corrected chi connectivity index (χ1v) is 8.78. The summed E-state index contributed by atoms with van der Waals surface area (Å²) in [6, 6.07) is 0. The number of rotatable bonds is 10. The molecule has 0 aromatic rings. The highest BCUT2D eigenvalue weighted by molar-refractivity contribution is 5.94. The molecule has 4 atom stereocenters. The number of esters is 2. The Labute approximate surface area is 150 Å². The van der Waals surface area contributed by atoms with Gasteiger partial charge in [-0.05, 0) is 36.5 Å². The van der Waals surface area contributed by atoms with Crippen LogP contribution in [0, 0.1) is 23.7 Å². The topological polar surface area (TPSA) is 124 Å². The molecule has 4 unspecified atom stereocenters. The second-order valence-corrected chi connectivity index (χ2v) is 7.90. The van der Waals surface area contributed by atoms with Gasteiger partial charge in [-0.1, -0.05) is 41.5 Å². The van der Waals surface area contributed by atoms with E-state index in [0.29, 0.717) is 12.8 Å². The molecule has 0 spiro atoms. The summed E-state index contributed by atoms with van der Waals surface area (Å²) in [4.78, 5) is 24.6. The molecule has 0 saturated heterocycles. The molecule has 7 heteroatoms. The second kappa shape index (κ2) is 9.62. The summed E-state index contributed by atoms with van der Waals surface area (Å²) in [7, 11) is 0. The molecule has 0 amide bonds. The Balaban J connectivity index is 5.31. The molecule has 4 N–H and O–H groups in total. The third-order valence-corrected chi connectivity index (χ3v) is 4.65. The van der Waals surface area contributed by atoms with Gasteiger partial charge in [0.25, 0.3) is 0 Å². The first-order valence-electron chi connectivity index (χ1n) is 8.78. The number of carbonyl (C=O) groups is 2. The van der Waals surface area contributed by atoms with E-state index in [1.165, 1.54) is 0 Å². The minimum Gasteiger partial charge on any atom is -0.393 e. The average Bonchev–Trinajstić information content (AvgIpc) is 2.51. The van der Waals surface area contributed by atoms with Crippen LogP contribution in [0.4, 0.5) is 0 Å². The van der Waals surface area contributed by atoms with Crippen LogP contribution in [-0.4, -0.2) is 56.8 Å². The summed E-state index contributed by atoms with van der Waals surface area (Å²) >= 11 is 0. The predicted molar refractivity (Wildman–Crippen MR) is 92.4 cm³/mol. The number of ether oxygens (including phenoxy) is 1. The maximum absolute atomic E-state index is 12.3. The highest BCUT2D eigenvalue weighted by atomic mass is 16.6. The van der Waals surface area contributed by atoms with Gasteiger partial charge in [0.1, 0.15) is 0 Å². The molecule has 0 rings (SSSR count). The lowest BCUT2D eigenvalue weighted by Crippen LogP contribution is -2.55. The Hall–Kier alpha value is -1.02. The van der Waals surface area contributed by atoms with E-state index >= 15 is 0 Å². The van der Waals surface area contributed by atoms with E-state index in [2.05, 4.69) is 4.74 Å². The predicted octanol–water partition coefficient (Wildman–Crippen LogP) is 0.867. The van der Waals surface area contributed by atoms with Crippen molar-refractivity contribution in [1.82, 2.24) is 0 Å². The molecule has 7 nitrogen and oxygen atoms in total. The molecule has 0 aliphatic carbocycles. The summed E-state index contributed by atoms with van der Waals surface area (Å²) in [5.41, 5.74) is -4.50. The summed E-state index contributed by atoms with van der Waals surface area (Å²) in [5.74, 6) is -3.66. The van der Waals surface area contributed by atoms with Crippen LogP contribution in [0.1, 0.15) is 54.4 Å². The van der Waals surface area contributed by atoms with E-state index in [0.717, 1.165) is 0 Å². The average molecular weight is 362 g/mol. The Bertz CT molecular complexity index is 409. The van der Waals surface area contributed by atoms with E-state index in [9.17, 15) is 30.0 Å². The van der Waals surface area contributed by atoms with Crippen molar-refractivity contribution < 1.29 is 34.8 Å². The number of hydrogen-bond donors (Lipinski definition) is 4. The van der Waals surface area contributed by atoms with Crippen molar-refractivity contribution in [1.29, 1.82) is 0 Å². The fourth-order valence-corrected chi connectivity index (χ4v) is 2.91. The van der Waals surface area contributed by atoms with E-state index in [1.807, 2.05) is 27.7 Å². The van der Waals surface area contributed by atoms with Crippen LogP contribution >= 0.6 is 0 Å². The first-order chi connectivity index (χ1) is 11.3. The Kier molecular flexibility index (Phi) is 9.22. The normalized spacial score (nSPS) is 19.2. The monoisotopic (exact) mass is 362 g/mol. The summed E-state index contributed by atoms with van der Waals surface area (Å²) in [6.07, 6.45) is 0.850. The zero-order valence-electron chi connectivity index (χ0n) is 16.2. The van der Waals surface area contributed by atoms with Crippen molar-refractivity contribution in [3.63, 3.8) is 0 Å². The third-order valence-electron chi connectivity index (χ3n) is 4.65. The van der Waals surface area contributed by atoms with Gasteiger partial charge in [-0.3, -0.25) is 0 Å². The van der Waals surface area contributed by atoms with Gasteiger partial charge in [0.15, 0.2) is 11.2 Å². The van der Waals surface area contributed by atoms with E-state index < -0.39 is 48.2 Å². The van der Waals surface area contributed by atoms with Gasteiger partial charge in [0, 0.05) is 0 Å². The van der Waals surface area contributed by atoms with Crippen molar-refractivity contribution in [3.05, 3.63) is 0 Å². The van der Waals surface area contributed by atoms with Gasteiger partial charge in [0.05, 0.1) is 13.2 Å². The molecule has 0 heterocycles. The third kappa shape index (κ3) is 6.02. The quantitative estimate of drug-likeness (QED) is 0.336. The SMILES string of the molecule is CC(C)CC(C)C(O)(CO)C(=O)OC(=O)C(O)(CO)C(C)CC(C)C. The lowest BCUT2D eigenvalue weighted by atomic mass is 9.82. The molecule has 0 fully saturated rings. The highest BCUT2D eigenvalue weighted by Crippen LogP contribution is 2.29. The van der Waals surface area contributed by atoms with Gasteiger partial charge >= 0.3 is 11.9 Å². The smallest absolute Gasteiger partial charge is 0.348 e. The van der Waals surface area contributed by atoms with Gasteiger partial charge in [-0.15, -0.1) is 0 Å². The molecule has 0 aromatic carbocycles. The molecular formula is C18H34O7. The minimum atomic E-state index is -2.25. The minimum absolute atomic E-state index is 0.150. The highest BCUT2D eigenvalue weighted by Gasteiger charge is 2.49. The summed E-state index contributed by atoms with van der Waals surface area (Å²) in [5, 5.41) is 39.8. The molecule has 0 saturated carbocycles. The van der Waals surface area contributed by atoms with Crippen LogP contribution < -0.4 is 0 Å². The first kappa shape index (κ1) is 24.0. The number of aliphatic hydroxyl groups is 4. The zero-order chi connectivity index (χ0) is 20.0. The Morgan fingerprint density at radius 1 is 0.760 bits per heavy atom. The van der Waals surface area contributed by atoms with Crippen molar-refractivity contribution in [2.45, 2.75) is 65.6 Å². The van der Waals surface area contributed by atoms with Crippen LogP contribution in [0.3, 0.4) is 0 Å². The van der Waals surface area contributed by atoms with Crippen LogP contribution in [0.15, 0.2) is 0 Å². The fourth-order valence-electron chi connectivity index (χ4n) is 2.91. The van der Waals surface area contributed by atoms with Crippen LogP contribution in [-0.2, 0) is 14.3 Å². The van der Waals surface area contributed by atoms with Crippen molar-refractivity contribution >= 4 is 11.9 Å². The second-order valence-electron chi connectivity index (χ2n) is 7.90. The summed E-state index contributed by atoms with van der Waals surface area (Å²) in [6.45, 7) is 8.89. The molecule has 0 aliphatic heterocycles. The summed E-state index contributed by atoms with van der Waals surface area (Å²) < 4.78 is 4.67. The lowest BCUT2D eigenvalue weighted by Gasteiger charge is -2.34. The maximum atomic E-state index is 12.3. The number of carbonyl (C=O) groups excluding carboxylic acids is 2. The van der Waals surface area contributed by atoms with Gasteiger partial charge in [0.2, 0.25) is 0 Å². The van der Waals surface area contributed by atoms with Crippen LogP contribution in [0.25, 0.3) is 0 Å². The largest absolute Gasteiger partial charge is 0.393 e. The maximum Gasteiger partial charge on any atom is 0.348 e. The van der Waals surface area contributed by atoms with Crippen molar-refractivity contribution in [3.8, 4) is 0 Å². The van der Waals surface area contributed by atoms with Crippen LogP contribution in [0.2, 0.25) is 0 Å². The molecule has 25 heavy (non-hydrogen) atoms. The fraction of sp³-hybridized carbons (Fsp3) is 0.889. The van der Waals surface area contributed by atoms with E-state index in [4.69, 9.17) is 0 Å². The standard InChI is InChI=1S/C18H34O7/c1-11(2)7-13(5)17(23,9-19)15(21)25-16(22)18(24,10-20)14(6)8-12(3)4/h11-14,19-20,23-24H,7-10H2,1-6H3. The molecule has 0 radical (unpaired) electrons. The van der Waals surface area contributed by atoms with Gasteiger partial charge < -0.3 is 25.2 Å². The number of hydrogen-bond acceptors (Lipinski definition) is 7. The zero-order valence-corrected chi connectivity index (χ0v) is 16.2. The van der Waals surface area contributed by atoms with Gasteiger partial charge in [-0.2, -0.15) is 0 Å². The molecule has 0 aliphatic rings. The van der Waals surface area contributed by atoms with Crippen LogP contribution in [0.5, 0.6) is 0 Å². The lowest BCUT2D eigenvalue weighted by molar-refractivity contribution is -0.197. The Morgan fingerprint density at radius 2 is 1.04 bits per heavy atom. The number of aliphatic hydroxyl groups excluding tert-OH is 2. The van der Waals surface area contributed by atoms with E-state index in [1.54, 1.807) is 13.8 Å². The molecule has 0 bridgehead atoms. The Morgan fingerprint density at radius 3 is 1.24 bits per heavy atom.